The summed E-state index contributed by atoms with van der Waals surface area (Å²) in [5.74, 6) is 1.70. The van der Waals surface area contributed by atoms with Crippen LogP contribution in [0.25, 0.3) is 0 Å². The SMILES string of the molecule is CC(CC=O)c1cc2c(cc1Br)OCO2. The van der Waals surface area contributed by atoms with Gasteiger partial charge in [-0.1, -0.05) is 22.9 Å². The fourth-order valence-corrected chi connectivity index (χ4v) is 2.30. The van der Waals surface area contributed by atoms with Crippen molar-refractivity contribution in [2.24, 2.45) is 0 Å². The highest BCUT2D eigenvalue weighted by Crippen LogP contribution is 2.39. The molecular weight excluding hydrogens is 260 g/mol. The molecule has 3 nitrogen and oxygen atoms in total. The molecular formula is C11H11BrO3. The number of carbonyl (C=O) groups is 1. The molecule has 1 unspecified atom stereocenters. The summed E-state index contributed by atoms with van der Waals surface area (Å²) in [6.07, 6.45) is 1.44. The molecule has 1 aliphatic heterocycles. The molecule has 15 heavy (non-hydrogen) atoms. The smallest absolute Gasteiger partial charge is 0.231 e. The molecule has 0 saturated carbocycles. The Bertz CT molecular complexity index is 390. The highest BCUT2D eigenvalue weighted by Gasteiger charge is 2.18. The number of aldehydes is 1. The molecule has 0 saturated heterocycles. The van der Waals surface area contributed by atoms with Crippen LogP contribution in [0.4, 0.5) is 0 Å². The molecule has 0 radical (unpaired) electrons. The van der Waals surface area contributed by atoms with E-state index >= 15 is 0 Å². The van der Waals surface area contributed by atoms with Gasteiger partial charge in [-0.15, -0.1) is 0 Å². The number of rotatable bonds is 3. The zero-order valence-corrected chi connectivity index (χ0v) is 9.91. The third-order valence-electron chi connectivity index (χ3n) is 2.47. The monoisotopic (exact) mass is 270 g/mol. The van der Waals surface area contributed by atoms with Gasteiger partial charge in [0.1, 0.15) is 6.29 Å². The Balaban J connectivity index is 2.35. The number of halogens is 1. The van der Waals surface area contributed by atoms with Gasteiger partial charge in [0.2, 0.25) is 6.79 Å². The molecule has 0 bridgehead atoms. The quantitative estimate of drug-likeness (QED) is 0.793. The van der Waals surface area contributed by atoms with Gasteiger partial charge in [0.05, 0.1) is 0 Å². The summed E-state index contributed by atoms with van der Waals surface area (Å²) in [6, 6.07) is 3.82. The molecule has 0 N–H and O–H groups in total. The van der Waals surface area contributed by atoms with Gasteiger partial charge < -0.3 is 14.3 Å². The Kier molecular flexibility index (Phi) is 2.95. The van der Waals surface area contributed by atoms with Crippen LogP contribution >= 0.6 is 15.9 Å². The second kappa shape index (κ2) is 4.23. The number of hydrogen-bond acceptors (Lipinski definition) is 3. The van der Waals surface area contributed by atoms with Crippen molar-refractivity contribution in [1.82, 2.24) is 0 Å². The lowest BCUT2D eigenvalue weighted by Gasteiger charge is -2.11. The van der Waals surface area contributed by atoms with Gasteiger partial charge in [-0.3, -0.25) is 0 Å². The van der Waals surface area contributed by atoms with Gasteiger partial charge in [-0.2, -0.15) is 0 Å². The minimum atomic E-state index is 0.186. The molecule has 1 aliphatic rings. The number of carbonyl (C=O) groups excluding carboxylic acids is 1. The maximum absolute atomic E-state index is 10.5. The van der Waals surface area contributed by atoms with Crippen molar-refractivity contribution in [3.63, 3.8) is 0 Å². The molecule has 0 fully saturated rings. The lowest BCUT2D eigenvalue weighted by Crippen LogP contribution is -1.96. The highest BCUT2D eigenvalue weighted by molar-refractivity contribution is 9.10. The minimum Gasteiger partial charge on any atom is -0.454 e. The van der Waals surface area contributed by atoms with E-state index in [0.717, 1.165) is 27.8 Å². The lowest BCUT2D eigenvalue weighted by molar-refractivity contribution is -0.108. The van der Waals surface area contributed by atoms with Gasteiger partial charge in [0.25, 0.3) is 0 Å². The van der Waals surface area contributed by atoms with Gasteiger partial charge in [0.15, 0.2) is 11.5 Å². The summed E-state index contributed by atoms with van der Waals surface area (Å²) in [4.78, 5) is 10.5. The largest absolute Gasteiger partial charge is 0.454 e. The summed E-state index contributed by atoms with van der Waals surface area (Å²) >= 11 is 3.47. The predicted molar refractivity (Wildman–Crippen MR) is 59.4 cm³/mol. The first-order chi connectivity index (χ1) is 7.22. The van der Waals surface area contributed by atoms with Crippen molar-refractivity contribution in [2.75, 3.05) is 6.79 Å². The van der Waals surface area contributed by atoms with Crippen LogP contribution in [0.15, 0.2) is 16.6 Å². The fraction of sp³-hybridized carbons (Fsp3) is 0.364. The second-order valence-electron chi connectivity index (χ2n) is 3.53. The molecule has 1 aromatic rings. The van der Waals surface area contributed by atoms with Crippen LogP contribution in [0.3, 0.4) is 0 Å². The Morgan fingerprint density at radius 3 is 2.80 bits per heavy atom. The maximum Gasteiger partial charge on any atom is 0.231 e. The summed E-state index contributed by atoms with van der Waals surface area (Å²) in [5, 5.41) is 0. The van der Waals surface area contributed by atoms with Gasteiger partial charge in [-0.25, -0.2) is 0 Å². The molecule has 80 valence electrons. The van der Waals surface area contributed by atoms with Crippen LogP contribution < -0.4 is 9.47 Å². The zero-order valence-electron chi connectivity index (χ0n) is 8.33. The fourth-order valence-electron chi connectivity index (χ4n) is 1.58. The van der Waals surface area contributed by atoms with E-state index in [1.165, 1.54) is 0 Å². The molecule has 0 aliphatic carbocycles. The summed E-state index contributed by atoms with van der Waals surface area (Å²) in [7, 11) is 0. The lowest BCUT2D eigenvalue weighted by atomic mass is 9.98. The van der Waals surface area contributed by atoms with Gasteiger partial charge >= 0.3 is 0 Å². The third kappa shape index (κ3) is 2.00. The van der Waals surface area contributed by atoms with E-state index < -0.39 is 0 Å². The van der Waals surface area contributed by atoms with E-state index in [4.69, 9.17) is 9.47 Å². The Morgan fingerprint density at radius 1 is 1.47 bits per heavy atom. The first-order valence-electron chi connectivity index (χ1n) is 4.75. The Hall–Kier alpha value is -1.03. The highest BCUT2D eigenvalue weighted by atomic mass is 79.9. The zero-order chi connectivity index (χ0) is 10.8. The standard InChI is InChI=1S/C11H11BrO3/c1-7(2-3-13)8-4-10-11(5-9(8)12)15-6-14-10/h3-5,7H,2,6H2,1H3. The van der Waals surface area contributed by atoms with E-state index in [1.54, 1.807) is 0 Å². The van der Waals surface area contributed by atoms with E-state index in [-0.39, 0.29) is 12.7 Å². The van der Waals surface area contributed by atoms with Crippen molar-refractivity contribution in [1.29, 1.82) is 0 Å². The average molecular weight is 271 g/mol. The van der Waals surface area contributed by atoms with Gasteiger partial charge in [0, 0.05) is 10.9 Å². The van der Waals surface area contributed by atoms with Crippen molar-refractivity contribution in [3.8, 4) is 11.5 Å². The van der Waals surface area contributed by atoms with Crippen molar-refractivity contribution < 1.29 is 14.3 Å². The number of ether oxygens (including phenoxy) is 2. The van der Waals surface area contributed by atoms with Crippen LogP contribution in [0, 0.1) is 0 Å². The number of benzene rings is 1. The van der Waals surface area contributed by atoms with E-state index in [0.29, 0.717) is 6.42 Å². The first-order valence-corrected chi connectivity index (χ1v) is 5.54. The van der Waals surface area contributed by atoms with Crippen molar-refractivity contribution in [2.45, 2.75) is 19.3 Å². The third-order valence-corrected chi connectivity index (χ3v) is 3.16. The van der Waals surface area contributed by atoms with Crippen molar-refractivity contribution >= 4 is 22.2 Å². The predicted octanol–water partition coefficient (Wildman–Crippen LogP) is 2.87. The van der Waals surface area contributed by atoms with E-state index in [9.17, 15) is 4.79 Å². The van der Waals surface area contributed by atoms with E-state index in [1.807, 2.05) is 19.1 Å². The molecule has 0 spiro atoms. The summed E-state index contributed by atoms with van der Waals surface area (Å²) < 4.78 is 11.5. The molecule has 1 heterocycles. The summed E-state index contributed by atoms with van der Waals surface area (Å²) in [5.41, 5.74) is 1.08. The number of fused-ring (bicyclic) bond motifs is 1. The molecule has 4 heteroatoms. The van der Waals surface area contributed by atoms with E-state index in [2.05, 4.69) is 15.9 Å². The van der Waals surface area contributed by atoms with Crippen LogP contribution in [-0.4, -0.2) is 13.1 Å². The Morgan fingerprint density at radius 2 is 2.13 bits per heavy atom. The molecule has 0 aromatic heterocycles. The summed E-state index contributed by atoms with van der Waals surface area (Å²) in [6.45, 7) is 2.28. The topological polar surface area (TPSA) is 35.5 Å². The maximum atomic E-state index is 10.5. The normalized spacial score (nSPS) is 15.1. The molecule has 1 atom stereocenters. The van der Waals surface area contributed by atoms with Gasteiger partial charge in [-0.05, 0) is 23.6 Å². The minimum absolute atomic E-state index is 0.186. The average Bonchev–Trinajstić information content (AvgIpc) is 2.63. The second-order valence-corrected chi connectivity index (χ2v) is 4.38. The van der Waals surface area contributed by atoms with Crippen molar-refractivity contribution in [3.05, 3.63) is 22.2 Å². The van der Waals surface area contributed by atoms with Crippen LogP contribution in [0.5, 0.6) is 11.5 Å². The molecule has 2 rings (SSSR count). The van der Waals surface area contributed by atoms with Crippen LogP contribution in [0.1, 0.15) is 24.8 Å². The molecule has 1 aromatic carbocycles. The van der Waals surface area contributed by atoms with Crippen LogP contribution in [0.2, 0.25) is 0 Å². The number of hydrogen-bond donors (Lipinski definition) is 0. The first kappa shape index (κ1) is 10.5. The van der Waals surface area contributed by atoms with Crippen LogP contribution in [-0.2, 0) is 4.79 Å². The molecule has 0 amide bonds. The Labute approximate surface area is 96.5 Å².